The summed E-state index contributed by atoms with van der Waals surface area (Å²) in [5.41, 5.74) is 0. The summed E-state index contributed by atoms with van der Waals surface area (Å²) in [7, 11) is 0. The van der Waals surface area contributed by atoms with Crippen molar-refractivity contribution in [3.63, 3.8) is 0 Å². The van der Waals surface area contributed by atoms with Gasteiger partial charge in [-0.15, -0.1) is 23.2 Å². The van der Waals surface area contributed by atoms with E-state index in [0.717, 1.165) is 0 Å². The van der Waals surface area contributed by atoms with E-state index in [9.17, 15) is 0 Å². The first-order valence-corrected chi connectivity index (χ1v) is 6.53. The molecule has 0 aliphatic heterocycles. The quantitative estimate of drug-likeness (QED) is 0.395. The summed E-state index contributed by atoms with van der Waals surface area (Å²) in [5.74, 6) is 0. The van der Waals surface area contributed by atoms with Crippen LogP contribution in [0.15, 0.2) is 18.5 Å². The van der Waals surface area contributed by atoms with E-state index in [4.69, 9.17) is 69.6 Å². The fourth-order valence-corrected chi connectivity index (χ4v) is 1.65. The topological polar surface area (TPSA) is 25.8 Å². The minimum Gasteiger partial charge on any atom is -0.391 e. The van der Waals surface area contributed by atoms with E-state index in [1.807, 2.05) is 0 Å². The van der Waals surface area contributed by atoms with Gasteiger partial charge in [0.15, 0.2) is 0 Å². The van der Waals surface area contributed by atoms with Gasteiger partial charge in [0.2, 0.25) is 0 Å². The molecule has 2 aromatic rings. The van der Waals surface area contributed by atoms with Crippen LogP contribution in [0.5, 0.6) is 0 Å². The second-order valence-corrected chi connectivity index (χ2v) is 5.05. The normalized spacial score (nSPS) is 9.16. The van der Waals surface area contributed by atoms with Crippen LogP contribution in [0, 0.1) is 6.20 Å². The maximum atomic E-state index is 5.56. The molecule has 0 unspecified atom stereocenters. The first kappa shape index (κ1) is 20.0. The summed E-state index contributed by atoms with van der Waals surface area (Å²) >= 11 is 33.1. The summed E-state index contributed by atoms with van der Waals surface area (Å²) in [5, 5.41) is 1.87. The van der Waals surface area contributed by atoms with Gasteiger partial charge >= 0.3 is 29.6 Å². The third-order valence-corrected chi connectivity index (χ3v) is 3.87. The zero-order valence-electron chi connectivity index (χ0n) is 9.39. The molecule has 0 saturated heterocycles. The Labute approximate surface area is 162 Å². The second-order valence-electron chi connectivity index (χ2n) is 2.74. The minimum atomic E-state index is 0. The molecule has 2 nitrogen and oxygen atoms in total. The van der Waals surface area contributed by atoms with E-state index in [1.54, 1.807) is 6.07 Å². The summed E-state index contributed by atoms with van der Waals surface area (Å²) < 4.78 is 0. The van der Waals surface area contributed by atoms with E-state index >= 15 is 0 Å². The molecular weight excluding hydrogens is 384 g/mol. The molecule has 96 valence electrons. The van der Waals surface area contributed by atoms with Crippen molar-refractivity contribution in [3.8, 4) is 0 Å². The molecule has 0 aromatic carbocycles. The first-order valence-electron chi connectivity index (χ1n) is 4.26. The molecule has 0 fully saturated rings. The maximum absolute atomic E-state index is 5.56. The molecule has 0 aliphatic carbocycles. The molecule has 0 bridgehead atoms. The Morgan fingerprint density at radius 3 is 1.95 bits per heavy atom. The number of pyridine rings is 2. The Balaban J connectivity index is 0.000000324. The van der Waals surface area contributed by atoms with Gasteiger partial charge in [0, 0.05) is 6.20 Å². The molecular formula is C10H3Cl6N2Na. The monoisotopic (exact) mass is 384 g/mol. The van der Waals surface area contributed by atoms with E-state index in [1.165, 1.54) is 12.4 Å². The van der Waals surface area contributed by atoms with Crippen LogP contribution in [0.1, 0.15) is 0 Å². The zero-order chi connectivity index (χ0) is 13.7. The maximum Gasteiger partial charge on any atom is 1.00 e. The van der Waals surface area contributed by atoms with Gasteiger partial charge in [0.05, 0.1) is 10.0 Å². The smallest absolute Gasteiger partial charge is 0.391 e. The number of rotatable bonds is 0. The van der Waals surface area contributed by atoms with Crippen molar-refractivity contribution < 1.29 is 29.6 Å². The van der Waals surface area contributed by atoms with Crippen LogP contribution in [0.25, 0.3) is 0 Å². The molecule has 0 spiro atoms. The minimum absolute atomic E-state index is 0. The number of hydrogen-bond acceptors (Lipinski definition) is 2. The van der Waals surface area contributed by atoms with E-state index in [-0.39, 0.29) is 39.7 Å². The van der Waals surface area contributed by atoms with Crippen LogP contribution in [-0.2, 0) is 0 Å². The summed E-state index contributed by atoms with van der Waals surface area (Å²) in [6.45, 7) is 0. The molecule has 9 heteroatoms. The molecule has 0 saturated carbocycles. The Morgan fingerprint density at radius 2 is 1.53 bits per heavy atom. The van der Waals surface area contributed by atoms with Gasteiger partial charge in [-0.2, -0.15) is 11.6 Å². The fraction of sp³-hybridized carbons (Fsp3) is 0. The van der Waals surface area contributed by atoms with E-state index in [2.05, 4.69) is 16.2 Å². The van der Waals surface area contributed by atoms with Crippen LogP contribution in [0.2, 0.25) is 30.3 Å². The average Bonchev–Trinajstić information content (AvgIpc) is 2.34. The van der Waals surface area contributed by atoms with Crippen molar-refractivity contribution in [2.45, 2.75) is 0 Å². The van der Waals surface area contributed by atoms with Gasteiger partial charge in [0.1, 0.15) is 5.15 Å². The van der Waals surface area contributed by atoms with Crippen LogP contribution in [0.4, 0.5) is 0 Å². The fourth-order valence-electron chi connectivity index (χ4n) is 0.753. The standard InChI is InChI=1S/C5HCl3N.C5H2Cl3N.Na/c6-3-1-9-2-4(7)5(3)8;6-3-1-2-9-5(8)4(3)7;/h1H;1-2H;/q-1;;+1. The zero-order valence-corrected chi connectivity index (χ0v) is 15.9. The van der Waals surface area contributed by atoms with Crippen molar-refractivity contribution in [1.29, 1.82) is 0 Å². The van der Waals surface area contributed by atoms with E-state index < -0.39 is 0 Å². The van der Waals surface area contributed by atoms with Gasteiger partial charge < -0.3 is 4.98 Å². The molecule has 0 amide bonds. The predicted molar refractivity (Wildman–Crippen MR) is 77.4 cm³/mol. The van der Waals surface area contributed by atoms with Crippen molar-refractivity contribution in [2.24, 2.45) is 0 Å². The third kappa shape index (κ3) is 6.56. The second kappa shape index (κ2) is 9.88. The van der Waals surface area contributed by atoms with Crippen LogP contribution in [0.3, 0.4) is 0 Å². The molecule has 19 heavy (non-hydrogen) atoms. The van der Waals surface area contributed by atoms with Crippen molar-refractivity contribution in [3.05, 3.63) is 54.9 Å². The average molecular weight is 387 g/mol. The van der Waals surface area contributed by atoms with E-state index in [0.29, 0.717) is 20.1 Å². The molecule has 0 atom stereocenters. The first-order chi connectivity index (χ1) is 8.43. The molecule has 2 rings (SSSR count). The number of nitrogens with zero attached hydrogens (tertiary/aromatic N) is 2. The van der Waals surface area contributed by atoms with Crippen molar-refractivity contribution >= 4 is 69.6 Å². The summed E-state index contributed by atoms with van der Waals surface area (Å²) in [6, 6.07) is 1.58. The van der Waals surface area contributed by atoms with Crippen molar-refractivity contribution in [1.82, 2.24) is 9.97 Å². The predicted octanol–water partition coefficient (Wildman–Crippen LogP) is 2.89. The van der Waals surface area contributed by atoms with Crippen LogP contribution >= 0.6 is 69.6 Å². The Bertz CT molecular complexity index is 462. The number of halogens is 6. The summed E-state index contributed by atoms with van der Waals surface area (Å²) in [6.07, 6.45) is 5.32. The van der Waals surface area contributed by atoms with Gasteiger partial charge in [0.25, 0.3) is 0 Å². The Kier molecular flexibility index (Phi) is 10.4. The Hall–Kier alpha value is 1.04. The van der Waals surface area contributed by atoms with Gasteiger partial charge in [-0.3, -0.25) is 0 Å². The SMILES string of the molecule is Clc1[c-]ncc(Cl)c1Cl.Clc1ccnc(Cl)c1Cl.[Na+]. The molecule has 2 aromatic heterocycles. The number of aromatic nitrogens is 2. The molecule has 0 radical (unpaired) electrons. The molecule has 2 heterocycles. The van der Waals surface area contributed by atoms with Crippen LogP contribution in [-0.4, -0.2) is 9.97 Å². The van der Waals surface area contributed by atoms with Crippen molar-refractivity contribution in [2.75, 3.05) is 0 Å². The largest absolute Gasteiger partial charge is 1.00 e. The Morgan fingerprint density at radius 1 is 0.895 bits per heavy atom. The van der Waals surface area contributed by atoms with Gasteiger partial charge in [-0.1, -0.05) is 47.2 Å². The number of hydrogen-bond donors (Lipinski definition) is 0. The molecule has 0 aliphatic rings. The van der Waals surface area contributed by atoms with Gasteiger partial charge in [-0.25, -0.2) is 4.98 Å². The summed E-state index contributed by atoms with van der Waals surface area (Å²) in [4.78, 5) is 7.26. The third-order valence-electron chi connectivity index (χ3n) is 1.54. The molecule has 0 N–H and O–H groups in total. The van der Waals surface area contributed by atoms with Crippen LogP contribution < -0.4 is 29.6 Å². The van der Waals surface area contributed by atoms with Gasteiger partial charge in [-0.05, 0) is 21.1 Å².